The highest BCUT2D eigenvalue weighted by molar-refractivity contribution is 5.78. The van der Waals surface area contributed by atoms with Crippen LogP contribution in [0.2, 0.25) is 0 Å². The van der Waals surface area contributed by atoms with Gasteiger partial charge in [0, 0.05) is 19.6 Å². The van der Waals surface area contributed by atoms with Crippen LogP contribution in [0.15, 0.2) is 24.3 Å². The summed E-state index contributed by atoms with van der Waals surface area (Å²) in [7, 11) is 0. The van der Waals surface area contributed by atoms with Gasteiger partial charge in [0.2, 0.25) is 5.91 Å². The number of nitrogens with one attached hydrogen (secondary N) is 1. The van der Waals surface area contributed by atoms with Gasteiger partial charge in [0.1, 0.15) is 0 Å². The zero-order chi connectivity index (χ0) is 12.1. The van der Waals surface area contributed by atoms with Crippen molar-refractivity contribution in [3.8, 4) is 6.07 Å². The van der Waals surface area contributed by atoms with Crippen LogP contribution in [0.4, 0.5) is 0 Å². The summed E-state index contributed by atoms with van der Waals surface area (Å²) in [6, 6.07) is 9.61. The molecule has 1 aliphatic heterocycles. The molecule has 2 rings (SSSR count). The number of hydrogen-bond acceptors (Lipinski definition) is 3. The van der Waals surface area contributed by atoms with Gasteiger partial charge in [-0.2, -0.15) is 5.26 Å². The molecule has 1 fully saturated rings. The molecular formula is C13H15N3O. The molecule has 1 N–H and O–H groups in total. The normalized spacial score (nSPS) is 17.0. The fourth-order valence-corrected chi connectivity index (χ4v) is 1.95. The van der Waals surface area contributed by atoms with Gasteiger partial charge in [-0.25, -0.2) is 0 Å². The van der Waals surface area contributed by atoms with E-state index in [0.717, 1.165) is 31.6 Å². The summed E-state index contributed by atoms with van der Waals surface area (Å²) in [5, 5.41) is 11.6. The standard InChI is InChI=1S/C13H15N3O/c14-8-11-2-4-12(5-3-11)9-16-7-1-6-15-13(17)10-16/h2-5H,1,6-7,9-10H2,(H,15,17). The van der Waals surface area contributed by atoms with Gasteiger partial charge < -0.3 is 5.32 Å². The van der Waals surface area contributed by atoms with Gasteiger partial charge in [-0.05, 0) is 24.1 Å². The van der Waals surface area contributed by atoms with Crippen molar-refractivity contribution < 1.29 is 4.79 Å². The molecule has 17 heavy (non-hydrogen) atoms. The maximum absolute atomic E-state index is 11.4. The van der Waals surface area contributed by atoms with Crippen molar-refractivity contribution >= 4 is 5.91 Å². The highest BCUT2D eigenvalue weighted by atomic mass is 16.2. The predicted molar refractivity (Wildman–Crippen MR) is 64.1 cm³/mol. The molecule has 1 amide bonds. The van der Waals surface area contributed by atoms with E-state index in [0.29, 0.717) is 12.1 Å². The first-order valence-corrected chi connectivity index (χ1v) is 5.76. The predicted octanol–water partition coefficient (Wildman–Crippen LogP) is 0.880. The van der Waals surface area contributed by atoms with Crippen LogP contribution in [0.1, 0.15) is 17.5 Å². The van der Waals surface area contributed by atoms with Gasteiger partial charge in [-0.3, -0.25) is 9.69 Å². The molecule has 0 bridgehead atoms. The quantitative estimate of drug-likeness (QED) is 0.819. The number of hydrogen-bond donors (Lipinski definition) is 1. The molecule has 1 saturated heterocycles. The van der Waals surface area contributed by atoms with E-state index in [1.54, 1.807) is 0 Å². The molecule has 0 saturated carbocycles. The summed E-state index contributed by atoms with van der Waals surface area (Å²) >= 11 is 0. The molecule has 0 radical (unpaired) electrons. The third kappa shape index (κ3) is 3.30. The minimum Gasteiger partial charge on any atom is -0.355 e. The Hall–Kier alpha value is -1.86. The van der Waals surface area contributed by atoms with Gasteiger partial charge in [-0.1, -0.05) is 12.1 Å². The van der Waals surface area contributed by atoms with Crippen LogP contribution in [0, 0.1) is 11.3 Å². The average molecular weight is 229 g/mol. The highest BCUT2D eigenvalue weighted by Gasteiger charge is 2.14. The lowest BCUT2D eigenvalue weighted by atomic mass is 10.1. The van der Waals surface area contributed by atoms with E-state index < -0.39 is 0 Å². The van der Waals surface area contributed by atoms with Gasteiger partial charge in [-0.15, -0.1) is 0 Å². The summed E-state index contributed by atoms with van der Waals surface area (Å²) in [5.41, 5.74) is 1.81. The number of nitriles is 1. The Morgan fingerprint density at radius 3 is 2.82 bits per heavy atom. The highest BCUT2D eigenvalue weighted by Crippen LogP contribution is 2.08. The first kappa shape index (κ1) is 11.6. The molecule has 0 aliphatic carbocycles. The van der Waals surface area contributed by atoms with Crippen LogP contribution in [0.25, 0.3) is 0 Å². The van der Waals surface area contributed by atoms with Crippen LogP contribution in [-0.2, 0) is 11.3 Å². The van der Waals surface area contributed by atoms with Gasteiger partial charge in [0.15, 0.2) is 0 Å². The van der Waals surface area contributed by atoms with Crippen LogP contribution in [0.5, 0.6) is 0 Å². The smallest absolute Gasteiger partial charge is 0.234 e. The Labute approximate surface area is 101 Å². The number of rotatable bonds is 2. The van der Waals surface area contributed by atoms with Crippen LogP contribution in [0.3, 0.4) is 0 Å². The van der Waals surface area contributed by atoms with Crippen molar-refractivity contribution in [3.05, 3.63) is 35.4 Å². The van der Waals surface area contributed by atoms with Gasteiger partial charge >= 0.3 is 0 Å². The van der Waals surface area contributed by atoms with E-state index in [1.807, 2.05) is 24.3 Å². The second-order valence-electron chi connectivity index (χ2n) is 4.22. The minimum atomic E-state index is 0.0937. The first-order chi connectivity index (χ1) is 8.28. The van der Waals surface area contributed by atoms with Crippen molar-refractivity contribution in [1.82, 2.24) is 10.2 Å². The number of amides is 1. The summed E-state index contributed by atoms with van der Waals surface area (Å²) in [4.78, 5) is 13.5. The van der Waals surface area contributed by atoms with E-state index in [2.05, 4.69) is 16.3 Å². The van der Waals surface area contributed by atoms with Crippen molar-refractivity contribution in [3.63, 3.8) is 0 Å². The first-order valence-electron chi connectivity index (χ1n) is 5.76. The van der Waals surface area contributed by atoms with Gasteiger partial charge in [0.05, 0.1) is 18.2 Å². The Kier molecular flexibility index (Phi) is 3.73. The molecule has 1 heterocycles. The summed E-state index contributed by atoms with van der Waals surface area (Å²) < 4.78 is 0. The number of benzene rings is 1. The van der Waals surface area contributed by atoms with E-state index in [-0.39, 0.29) is 5.91 Å². The second kappa shape index (κ2) is 5.46. The Morgan fingerprint density at radius 2 is 2.12 bits per heavy atom. The van der Waals surface area contributed by atoms with E-state index in [1.165, 1.54) is 0 Å². The van der Waals surface area contributed by atoms with E-state index in [4.69, 9.17) is 5.26 Å². The zero-order valence-electron chi connectivity index (χ0n) is 9.65. The number of nitrogens with zero attached hydrogens (tertiary/aromatic N) is 2. The number of carbonyl (C=O) groups is 1. The van der Waals surface area contributed by atoms with Crippen molar-refractivity contribution in [1.29, 1.82) is 5.26 Å². The number of carbonyl (C=O) groups excluding carboxylic acids is 1. The third-order valence-electron chi connectivity index (χ3n) is 2.83. The van der Waals surface area contributed by atoms with Crippen molar-refractivity contribution in [2.24, 2.45) is 0 Å². The molecule has 0 spiro atoms. The molecule has 88 valence electrons. The third-order valence-corrected chi connectivity index (χ3v) is 2.83. The molecule has 0 aromatic heterocycles. The molecule has 4 heteroatoms. The van der Waals surface area contributed by atoms with Crippen molar-refractivity contribution in [2.45, 2.75) is 13.0 Å². The summed E-state index contributed by atoms with van der Waals surface area (Å²) in [5.74, 6) is 0.0937. The lowest BCUT2D eigenvalue weighted by Crippen LogP contribution is -2.32. The van der Waals surface area contributed by atoms with Crippen LogP contribution in [-0.4, -0.2) is 30.4 Å². The molecule has 1 aromatic rings. The Bertz CT molecular complexity index is 433. The summed E-state index contributed by atoms with van der Waals surface area (Å²) in [6.45, 7) is 2.92. The monoisotopic (exact) mass is 229 g/mol. The van der Waals surface area contributed by atoms with Crippen LogP contribution < -0.4 is 5.32 Å². The Morgan fingerprint density at radius 1 is 1.35 bits per heavy atom. The zero-order valence-corrected chi connectivity index (χ0v) is 9.65. The lowest BCUT2D eigenvalue weighted by molar-refractivity contribution is -0.121. The van der Waals surface area contributed by atoms with E-state index in [9.17, 15) is 4.79 Å². The second-order valence-corrected chi connectivity index (χ2v) is 4.22. The lowest BCUT2D eigenvalue weighted by Gasteiger charge is -2.18. The van der Waals surface area contributed by atoms with Crippen LogP contribution >= 0.6 is 0 Å². The average Bonchev–Trinajstić information content (AvgIpc) is 2.55. The summed E-state index contributed by atoms with van der Waals surface area (Å²) in [6.07, 6.45) is 0.988. The SMILES string of the molecule is N#Cc1ccc(CN2CCCNC(=O)C2)cc1. The minimum absolute atomic E-state index is 0.0937. The maximum Gasteiger partial charge on any atom is 0.234 e. The maximum atomic E-state index is 11.4. The molecule has 4 nitrogen and oxygen atoms in total. The largest absolute Gasteiger partial charge is 0.355 e. The molecule has 1 aromatic carbocycles. The fraction of sp³-hybridized carbons (Fsp3) is 0.385. The molecular weight excluding hydrogens is 214 g/mol. The molecule has 0 unspecified atom stereocenters. The van der Waals surface area contributed by atoms with Crippen molar-refractivity contribution in [2.75, 3.05) is 19.6 Å². The Balaban J connectivity index is 1.99. The topological polar surface area (TPSA) is 56.1 Å². The molecule has 0 atom stereocenters. The van der Waals surface area contributed by atoms with Gasteiger partial charge in [0.25, 0.3) is 0 Å². The molecule has 1 aliphatic rings. The van der Waals surface area contributed by atoms with E-state index >= 15 is 0 Å². The fourth-order valence-electron chi connectivity index (χ4n) is 1.95.